The van der Waals surface area contributed by atoms with Crippen molar-refractivity contribution in [1.82, 2.24) is 9.13 Å². The van der Waals surface area contributed by atoms with Crippen LogP contribution in [-0.2, 0) is 17.8 Å². The van der Waals surface area contributed by atoms with Crippen LogP contribution < -0.4 is 5.62 Å². The Balaban J connectivity index is 1.81. The maximum absolute atomic E-state index is 13.4. The Bertz CT molecular complexity index is 1300. The van der Waals surface area contributed by atoms with Gasteiger partial charge in [-0.05, 0) is 43.5 Å². The molecule has 0 aliphatic rings. The number of rotatable bonds is 9. The van der Waals surface area contributed by atoms with Crippen molar-refractivity contribution >= 4 is 16.8 Å². The van der Waals surface area contributed by atoms with Crippen molar-refractivity contribution in [3.63, 3.8) is 0 Å². The first-order valence-electron chi connectivity index (χ1n) is 11.5. The van der Waals surface area contributed by atoms with Crippen LogP contribution in [-0.4, -0.2) is 26.6 Å². The van der Waals surface area contributed by atoms with Crippen LogP contribution in [0.25, 0.3) is 11.0 Å². The lowest BCUT2D eigenvalue weighted by Crippen LogP contribution is -2.33. The summed E-state index contributed by atoms with van der Waals surface area (Å²) < 4.78 is 3.85. The van der Waals surface area contributed by atoms with Gasteiger partial charge in [0.2, 0.25) is 5.62 Å². The molecular formula is C28H31N3O2. The molecule has 0 saturated heterocycles. The Kier molecular flexibility index (Phi) is 6.90. The lowest BCUT2D eigenvalue weighted by molar-refractivity contribution is -0.122. The first-order valence-corrected chi connectivity index (χ1v) is 11.5. The van der Waals surface area contributed by atoms with Gasteiger partial charge in [0.15, 0.2) is 5.78 Å². The van der Waals surface area contributed by atoms with Crippen LogP contribution >= 0.6 is 0 Å². The highest BCUT2D eigenvalue weighted by Gasteiger charge is 2.25. The second-order valence-corrected chi connectivity index (χ2v) is 8.75. The van der Waals surface area contributed by atoms with Crippen LogP contribution in [0.2, 0.25) is 0 Å². The molecule has 4 rings (SSSR count). The molecule has 0 aliphatic carbocycles. The van der Waals surface area contributed by atoms with Gasteiger partial charge in [0.25, 0.3) is 0 Å². The number of aliphatic hydroxyl groups is 1. The molecule has 1 heterocycles. The summed E-state index contributed by atoms with van der Waals surface area (Å²) in [5.41, 5.74) is 6.67. The fourth-order valence-corrected chi connectivity index (χ4v) is 4.32. The van der Waals surface area contributed by atoms with Gasteiger partial charge < -0.3 is 9.67 Å². The number of aliphatic hydroxyl groups excluding tert-OH is 1. The molecule has 0 bridgehead atoms. The Morgan fingerprint density at radius 1 is 0.879 bits per heavy atom. The van der Waals surface area contributed by atoms with Gasteiger partial charge in [-0.15, -0.1) is 0 Å². The zero-order valence-corrected chi connectivity index (χ0v) is 19.3. The van der Waals surface area contributed by atoms with Gasteiger partial charge in [-0.1, -0.05) is 71.8 Å². The van der Waals surface area contributed by atoms with E-state index in [0.29, 0.717) is 25.0 Å². The Hall–Kier alpha value is -3.44. The van der Waals surface area contributed by atoms with Crippen molar-refractivity contribution < 1.29 is 9.90 Å². The van der Waals surface area contributed by atoms with Crippen LogP contribution in [0, 0.1) is 19.3 Å². The van der Waals surface area contributed by atoms with Crippen molar-refractivity contribution in [2.75, 3.05) is 6.61 Å². The third-order valence-electron chi connectivity index (χ3n) is 6.19. The normalized spacial score (nSPS) is 12.2. The van der Waals surface area contributed by atoms with Gasteiger partial charge in [0, 0.05) is 19.4 Å². The third kappa shape index (κ3) is 4.99. The van der Waals surface area contributed by atoms with Crippen molar-refractivity contribution in [1.29, 1.82) is 5.41 Å². The predicted octanol–water partition coefficient (Wildman–Crippen LogP) is 4.71. The number of aryl methyl sites for hydroxylation is 2. The average molecular weight is 442 g/mol. The molecule has 1 atom stereocenters. The Morgan fingerprint density at radius 3 is 2.06 bits per heavy atom. The molecule has 0 spiro atoms. The van der Waals surface area contributed by atoms with Crippen molar-refractivity contribution in [3.05, 3.63) is 101 Å². The first kappa shape index (κ1) is 22.7. The van der Waals surface area contributed by atoms with Crippen LogP contribution in [0.3, 0.4) is 0 Å². The second-order valence-electron chi connectivity index (χ2n) is 8.75. The highest BCUT2D eigenvalue weighted by atomic mass is 16.3. The van der Waals surface area contributed by atoms with Gasteiger partial charge in [-0.2, -0.15) is 0 Å². The highest BCUT2D eigenvalue weighted by molar-refractivity contribution is 5.86. The number of carbonyl (C=O) groups is 1. The lowest BCUT2D eigenvalue weighted by atomic mass is 9.98. The molecule has 170 valence electrons. The van der Waals surface area contributed by atoms with E-state index in [1.165, 1.54) is 11.1 Å². The second kappa shape index (κ2) is 10.0. The standard InChI is InChI=1S/C28H31N3O2/c1-20-9-13-22(14-10-20)18-26(27(33)8-5-17-32)31-25-7-4-3-6-24(25)30(28(31)29)19-23-15-11-21(2)12-16-23/h3-4,6-7,9-16,26,29,32H,5,8,17-19H2,1-2H3. The molecule has 5 nitrogen and oxygen atoms in total. The summed E-state index contributed by atoms with van der Waals surface area (Å²) in [6, 6.07) is 24.0. The number of nitrogens with zero attached hydrogens (tertiary/aromatic N) is 2. The fraction of sp³-hybridized carbons (Fsp3) is 0.286. The van der Waals surface area contributed by atoms with Crippen molar-refractivity contribution in [3.8, 4) is 0 Å². The molecule has 0 amide bonds. The largest absolute Gasteiger partial charge is 0.396 e. The van der Waals surface area contributed by atoms with Gasteiger partial charge in [0.05, 0.1) is 23.6 Å². The zero-order chi connectivity index (χ0) is 23.4. The van der Waals surface area contributed by atoms with E-state index in [1.54, 1.807) is 0 Å². The van der Waals surface area contributed by atoms with Crippen molar-refractivity contribution in [2.45, 2.75) is 45.7 Å². The quantitative estimate of drug-likeness (QED) is 0.395. The average Bonchev–Trinajstić information content (AvgIpc) is 3.09. The van der Waals surface area contributed by atoms with E-state index in [2.05, 4.69) is 55.5 Å². The number of nitrogens with one attached hydrogen (secondary N) is 1. The molecule has 2 N–H and O–H groups in total. The summed E-state index contributed by atoms with van der Waals surface area (Å²) in [6.07, 6.45) is 1.23. The van der Waals surface area contributed by atoms with E-state index < -0.39 is 6.04 Å². The zero-order valence-electron chi connectivity index (χ0n) is 19.3. The summed E-state index contributed by atoms with van der Waals surface area (Å²) in [6.45, 7) is 4.65. The summed E-state index contributed by atoms with van der Waals surface area (Å²) >= 11 is 0. The van der Waals surface area contributed by atoms with Gasteiger partial charge in [-0.3, -0.25) is 14.8 Å². The van der Waals surface area contributed by atoms with Gasteiger partial charge in [0.1, 0.15) is 0 Å². The maximum atomic E-state index is 13.4. The van der Waals surface area contributed by atoms with E-state index in [9.17, 15) is 9.90 Å². The molecule has 1 unspecified atom stereocenters. The topological polar surface area (TPSA) is 71.0 Å². The molecule has 4 aromatic rings. The molecule has 33 heavy (non-hydrogen) atoms. The minimum atomic E-state index is -0.504. The van der Waals surface area contributed by atoms with Crippen LogP contribution in [0.5, 0.6) is 0 Å². The van der Waals surface area contributed by atoms with Crippen LogP contribution in [0.4, 0.5) is 0 Å². The van der Waals surface area contributed by atoms with E-state index in [0.717, 1.165) is 22.2 Å². The minimum Gasteiger partial charge on any atom is -0.396 e. The smallest absolute Gasteiger partial charge is 0.204 e. The van der Waals surface area contributed by atoms with Crippen molar-refractivity contribution in [2.24, 2.45) is 0 Å². The number of benzene rings is 3. The molecule has 0 radical (unpaired) electrons. The van der Waals surface area contributed by atoms with E-state index in [-0.39, 0.29) is 18.8 Å². The summed E-state index contributed by atoms with van der Waals surface area (Å²) in [5, 5.41) is 18.4. The number of carbonyl (C=O) groups excluding carboxylic acids is 1. The van der Waals surface area contributed by atoms with Gasteiger partial charge in [-0.25, -0.2) is 0 Å². The highest BCUT2D eigenvalue weighted by Crippen LogP contribution is 2.24. The molecule has 3 aromatic carbocycles. The predicted molar refractivity (Wildman–Crippen MR) is 131 cm³/mol. The molecule has 0 aliphatic heterocycles. The molecular weight excluding hydrogens is 410 g/mol. The minimum absolute atomic E-state index is 0.0173. The number of para-hydroxylation sites is 2. The first-order chi connectivity index (χ1) is 16.0. The number of hydrogen-bond donors (Lipinski definition) is 2. The van der Waals surface area contributed by atoms with Crippen LogP contribution in [0.1, 0.15) is 41.1 Å². The number of ketones is 1. The van der Waals surface area contributed by atoms with E-state index >= 15 is 0 Å². The maximum Gasteiger partial charge on any atom is 0.204 e. The van der Waals surface area contributed by atoms with Gasteiger partial charge >= 0.3 is 0 Å². The van der Waals surface area contributed by atoms with E-state index in [1.807, 2.05) is 40.3 Å². The number of fused-ring (bicyclic) bond motifs is 1. The number of imidazole rings is 1. The molecule has 0 saturated carbocycles. The third-order valence-corrected chi connectivity index (χ3v) is 6.19. The number of Topliss-reactive ketones (excluding diaryl/α,β-unsaturated/α-hetero) is 1. The number of hydrogen-bond acceptors (Lipinski definition) is 3. The molecule has 5 heteroatoms. The monoisotopic (exact) mass is 441 g/mol. The Morgan fingerprint density at radius 2 is 1.45 bits per heavy atom. The summed E-state index contributed by atoms with van der Waals surface area (Å²) in [5.74, 6) is 0.0429. The Labute approximate surface area is 194 Å². The SMILES string of the molecule is Cc1ccc(CC(C(=O)CCCO)n2c(=N)n(Cc3ccc(C)cc3)c3ccccc32)cc1. The van der Waals surface area contributed by atoms with Crippen LogP contribution in [0.15, 0.2) is 72.8 Å². The number of aromatic nitrogens is 2. The fourth-order valence-electron chi connectivity index (χ4n) is 4.32. The lowest BCUT2D eigenvalue weighted by Gasteiger charge is -2.19. The summed E-state index contributed by atoms with van der Waals surface area (Å²) in [7, 11) is 0. The van der Waals surface area contributed by atoms with E-state index in [4.69, 9.17) is 5.41 Å². The molecule has 0 fully saturated rings. The summed E-state index contributed by atoms with van der Waals surface area (Å²) in [4.78, 5) is 13.4. The molecule has 1 aromatic heterocycles.